The smallest absolute Gasteiger partial charge is 0.292 e. The summed E-state index contributed by atoms with van der Waals surface area (Å²) in [5.41, 5.74) is 6.24. The van der Waals surface area contributed by atoms with Crippen molar-refractivity contribution in [1.29, 1.82) is 0 Å². The first-order chi connectivity index (χ1) is 10.5. The number of nitrogens with zero attached hydrogens (tertiary/aromatic N) is 2. The summed E-state index contributed by atoms with van der Waals surface area (Å²) in [5.74, 6) is 0.857. The zero-order valence-electron chi connectivity index (χ0n) is 12.7. The van der Waals surface area contributed by atoms with Gasteiger partial charge in [-0.15, -0.1) is 12.4 Å². The van der Waals surface area contributed by atoms with Crippen LogP contribution in [0.3, 0.4) is 0 Å². The first kappa shape index (κ1) is 17.7. The van der Waals surface area contributed by atoms with E-state index in [1.54, 1.807) is 18.2 Å². The van der Waals surface area contributed by atoms with Gasteiger partial charge in [0.15, 0.2) is 0 Å². The number of nitrogens with two attached hydrogens (primary N) is 1. The highest BCUT2D eigenvalue weighted by Gasteiger charge is 2.41. The first-order valence-electron chi connectivity index (χ1n) is 7.56. The van der Waals surface area contributed by atoms with Gasteiger partial charge in [-0.3, -0.25) is 19.8 Å². The number of anilines is 1. The molecule has 2 aliphatic rings. The van der Waals surface area contributed by atoms with Crippen LogP contribution in [0, 0.1) is 22.0 Å². The van der Waals surface area contributed by atoms with Crippen LogP contribution >= 0.6 is 12.4 Å². The molecule has 0 spiro atoms. The van der Waals surface area contributed by atoms with Gasteiger partial charge in [0.2, 0.25) is 5.91 Å². The Hall–Kier alpha value is -1.70. The minimum atomic E-state index is -0.491. The molecule has 1 aromatic rings. The van der Waals surface area contributed by atoms with Crippen molar-refractivity contribution >= 4 is 29.7 Å². The molecule has 1 amide bonds. The van der Waals surface area contributed by atoms with Crippen LogP contribution < -0.4 is 11.1 Å². The molecule has 1 saturated heterocycles. The number of carbonyl (C=O) groups is 1. The van der Waals surface area contributed by atoms with Crippen molar-refractivity contribution in [1.82, 2.24) is 4.90 Å². The third-order valence-corrected chi connectivity index (χ3v) is 4.73. The average molecular weight is 341 g/mol. The summed E-state index contributed by atoms with van der Waals surface area (Å²) in [6, 6.07) is 6.42. The lowest BCUT2D eigenvalue weighted by Gasteiger charge is -2.17. The van der Waals surface area contributed by atoms with Crippen molar-refractivity contribution in [3.8, 4) is 0 Å². The Kier molecular flexibility index (Phi) is 5.56. The van der Waals surface area contributed by atoms with Crippen molar-refractivity contribution in [2.45, 2.75) is 18.9 Å². The van der Waals surface area contributed by atoms with E-state index in [9.17, 15) is 14.9 Å². The zero-order valence-corrected chi connectivity index (χ0v) is 13.5. The molecule has 3 atom stereocenters. The predicted octanol–water partition coefficient (Wildman–Crippen LogP) is 1.62. The number of likely N-dealkylation sites (tertiary alicyclic amines) is 1. The van der Waals surface area contributed by atoms with E-state index in [1.807, 2.05) is 0 Å². The van der Waals surface area contributed by atoms with Crippen LogP contribution in [-0.2, 0) is 4.79 Å². The second-order valence-corrected chi connectivity index (χ2v) is 6.18. The van der Waals surface area contributed by atoms with Gasteiger partial charge in [-0.1, -0.05) is 12.1 Å². The topological polar surface area (TPSA) is 102 Å². The molecule has 1 aliphatic carbocycles. The number of hydrogen-bond acceptors (Lipinski definition) is 5. The summed E-state index contributed by atoms with van der Waals surface area (Å²) < 4.78 is 0. The fraction of sp³-hybridized carbons (Fsp3) is 0.533. The molecule has 1 aliphatic heterocycles. The second-order valence-electron chi connectivity index (χ2n) is 6.18. The van der Waals surface area contributed by atoms with E-state index in [4.69, 9.17) is 5.73 Å². The molecule has 2 fully saturated rings. The Labute approximate surface area is 140 Å². The van der Waals surface area contributed by atoms with Gasteiger partial charge >= 0.3 is 0 Å². The Balaban J connectivity index is 0.00000192. The molecule has 126 valence electrons. The molecule has 0 radical (unpaired) electrons. The molecular weight excluding hydrogens is 320 g/mol. The van der Waals surface area contributed by atoms with Crippen LogP contribution in [0.15, 0.2) is 24.3 Å². The van der Waals surface area contributed by atoms with Gasteiger partial charge < -0.3 is 11.1 Å². The van der Waals surface area contributed by atoms with Crippen LogP contribution in [0.1, 0.15) is 12.8 Å². The predicted molar refractivity (Wildman–Crippen MR) is 89.6 cm³/mol. The molecule has 1 heterocycles. The van der Waals surface area contributed by atoms with Gasteiger partial charge in [0.25, 0.3) is 5.69 Å². The number of hydrogen-bond donors (Lipinski definition) is 2. The normalized spacial score (nSPS) is 26.4. The Morgan fingerprint density at radius 2 is 2.09 bits per heavy atom. The summed E-state index contributed by atoms with van der Waals surface area (Å²) in [4.78, 5) is 24.7. The fourth-order valence-corrected chi connectivity index (χ4v) is 3.66. The number of benzene rings is 1. The van der Waals surface area contributed by atoms with Crippen molar-refractivity contribution < 1.29 is 9.72 Å². The van der Waals surface area contributed by atoms with Gasteiger partial charge in [-0.05, 0) is 30.7 Å². The maximum atomic E-state index is 12.1. The standard InChI is InChI=1S/C15H20N4O3.ClH/c16-12-6-5-10-7-18(8-11(10)12)9-15(20)17-13-3-1-2-4-14(13)19(21)22;/h1-4,10-12H,5-9,16H2,(H,17,20);1H. The molecule has 3 N–H and O–H groups in total. The van der Waals surface area contributed by atoms with Gasteiger partial charge in [-0.2, -0.15) is 0 Å². The molecular formula is C15H21ClN4O3. The molecule has 3 unspecified atom stereocenters. The van der Waals surface area contributed by atoms with Gasteiger partial charge in [0, 0.05) is 25.2 Å². The number of fused-ring (bicyclic) bond motifs is 1. The Morgan fingerprint density at radius 1 is 1.35 bits per heavy atom. The molecule has 0 aromatic heterocycles. The number of halogens is 1. The lowest BCUT2D eigenvalue weighted by molar-refractivity contribution is -0.383. The number of nitrogens with one attached hydrogen (secondary N) is 1. The van der Waals surface area contributed by atoms with Crippen molar-refractivity contribution in [3.63, 3.8) is 0 Å². The molecule has 0 bridgehead atoms. The maximum absolute atomic E-state index is 12.1. The molecule has 23 heavy (non-hydrogen) atoms. The molecule has 1 aromatic carbocycles. The van der Waals surface area contributed by atoms with Crippen LogP contribution in [0.5, 0.6) is 0 Å². The van der Waals surface area contributed by atoms with Crippen molar-refractivity contribution in [2.75, 3.05) is 25.0 Å². The summed E-state index contributed by atoms with van der Waals surface area (Å²) in [6.45, 7) is 1.99. The molecule has 7 nitrogen and oxygen atoms in total. The molecule has 8 heteroatoms. The van der Waals surface area contributed by atoms with E-state index in [-0.39, 0.29) is 42.3 Å². The summed E-state index contributed by atoms with van der Waals surface area (Å²) >= 11 is 0. The molecule has 3 rings (SSSR count). The largest absolute Gasteiger partial charge is 0.327 e. The first-order valence-corrected chi connectivity index (χ1v) is 7.56. The summed E-state index contributed by atoms with van der Waals surface area (Å²) in [7, 11) is 0. The Bertz CT molecular complexity index is 598. The highest BCUT2D eigenvalue weighted by molar-refractivity contribution is 5.94. The van der Waals surface area contributed by atoms with Crippen LogP contribution in [0.2, 0.25) is 0 Å². The minimum Gasteiger partial charge on any atom is -0.327 e. The van der Waals surface area contributed by atoms with Gasteiger partial charge in [-0.25, -0.2) is 0 Å². The number of nitro groups is 1. The Morgan fingerprint density at radius 3 is 2.78 bits per heavy atom. The quantitative estimate of drug-likeness (QED) is 0.640. The second kappa shape index (κ2) is 7.25. The fourth-order valence-electron chi connectivity index (χ4n) is 3.66. The average Bonchev–Trinajstić information content (AvgIpc) is 3.01. The molecule has 1 saturated carbocycles. The maximum Gasteiger partial charge on any atom is 0.292 e. The third kappa shape index (κ3) is 3.80. The number of carbonyl (C=O) groups excluding carboxylic acids is 1. The third-order valence-electron chi connectivity index (χ3n) is 4.73. The van der Waals surface area contributed by atoms with E-state index < -0.39 is 4.92 Å². The monoisotopic (exact) mass is 340 g/mol. The van der Waals surface area contributed by atoms with E-state index in [2.05, 4.69) is 10.2 Å². The van der Waals surface area contributed by atoms with Gasteiger partial charge in [0.05, 0.1) is 11.5 Å². The summed E-state index contributed by atoms with van der Waals surface area (Å²) in [6.07, 6.45) is 2.21. The number of rotatable bonds is 4. The van der Waals surface area contributed by atoms with Crippen LogP contribution in [-0.4, -0.2) is 41.4 Å². The van der Waals surface area contributed by atoms with Gasteiger partial charge in [0.1, 0.15) is 5.69 Å². The number of amides is 1. The van der Waals surface area contributed by atoms with Crippen molar-refractivity contribution in [2.24, 2.45) is 17.6 Å². The van der Waals surface area contributed by atoms with E-state index in [1.165, 1.54) is 6.07 Å². The zero-order chi connectivity index (χ0) is 15.7. The number of para-hydroxylation sites is 2. The highest BCUT2D eigenvalue weighted by Crippen LogP contribution is 2.36. The summed E-state index contributed by atoms with van der Waals surface area (Å²) in [5, 5.41) is 13.6. The van der Waals surface area contributed by atoms with E-state index in [0.717, 1.165) is 25.9 Å². The SMILES string of the molecule is Cl.NC1CCC2CN(CC(=O)Nc3ccccc3[N+](=O)[O-])CC12. The number of nitro benzene ring substituents is 1. The van der Waals surface area contributed by atoms with Crippen LogP contribution in [0.4, 0.5) is 11.4 Å². The van der Waals surface area contributed by atoms with Crippen LogP contribution in [0.25, 0.3) is 0 Å². The lowest BCUT2D eigenvalue weighted by Crippen LogP contribution is -2.34. The van der Waals surface area contributed by atoms with E-state index in [0.29, 0.717) is 11.8 Å². The van der Waals surface area contributed by atoms with Crippen molar-refractivity contribution in [3.05, 3.63) is 34.4 Å². The lowest BCUT2D eigenvalue weighted by atomic mass is 9.98. The van der Waals surface area contributed by atoms with E-state index >= 15 is 0 Å². The minimum absolute atomic E-state index is 0. The highest BCUT2D eigenvalue weighted by atomic mass is 35.5.